The molecule has 0 bridgehead atoms. The van der Waals surface area contributed by atoms with Gasteiger partial charge in [0.15, 0.2) is 0 Å². The molecule has 9 nitrogen and oxygen atoms in total. The van der Waals surface area contributed by atoms with Gasteiger partial charge in [-0.05, 0) is 48.9 Å². The molecular formula is C31H29F2N5O4. The molecule has 2 saturated heterocycles. The highest BCUT2D eigenvalue weighted by Gasteiger charge is 2.25. The molecule has 42 heavy (non-hydrogen) atoms. The number of carbonyl (C=O) groups is 1. The molecule has 1 N–H and O–H groups in total. The van der Waals surface area contributed by atoms with Gasteiger partial charge in [-0.15, -0.1) is 0 Å². The molecule has 4 aromatic rings. The molecule has 0 radical (unpaired) electrons. The Hall–Kier alpha value is -4.53. The molecular weight excluding hydrogens is 544 g/mol. The number of benzene rings is 3. The number of aromatic nitrogens is 2. The highest BCUT2D eigenvalue weighted by atomic mass is 19.1. The second-order valence-electron chi connectivity index (χ2n) is 10.5. The smallest absolute Gasteiger partial charge is 0.335 e. The van der Waals surface area contributed by atoms with E-state index in [1.54, 1.807) is 24.3 Å². The number of piperazine rings is 1. The summed E-state index contributed by atoms with van der Waals surface area (Å²) < 4.78 is 42.6. The summed E-state index contributed by atoms with van der Waals surface area (Å²) >= 11 is 0. The van der Waals surface area contributed by atoms with Gasteiger partial charge in [0.05, 0.1) is 53.1 Å². The van der Waals surface area contributed by atoms with E-state index in [0.717, 1.165) is 36.0 Å². The van der Waals surface area contributed by atoms with Crippen LogP contribution in [0.25, 0.3) is 11.0 Å². The van der Waals surface area contributed by atoms with Crippen LogP contribution < -0.4 is 9.64 Å². The predicted octanol–water partition coefficient (Wildman–Crippen LogP) is 4.57. The summed E-state index contributed by atoms with van der Waals surface area (Å²) in [5.41, 5.74) is 2.70. The van der Waals surface area contributed by atoms with Crippen LogP contribution in [0.5, 0.6) is 5.75 Å². The van der Waals surface area contributed by atoms with Crippen LogP contribution in [0.4, 0.5) is 14.5 Å². The second-order valence-corrected chi connectivity index (χ2v) is 10.5. The number of nitriles is 1. The zero-order valence-electron chi connectivity index (χ0n) is 22.8. The topological polar surface area (TPSA) is 104 Å². The van der Waals surface area contributed by atoms with E-state index in [1.165, 1.54) is 24.3 Å². The van der Waals surface area contributed by atoms with Gasteiger partial charge in [-0.1, -0.05) is 6.07 Å². The lowest BCUT2D eigenvalue weighted by Gasteiger charge is -2.36. The number of hydrogen-bond acceptors (Lipinski definition) is 7. The molecule has 0 aliphatic carbocycles. The molecule has 1 aromatic heterocycles. The average Bonchev–Trinajstić information content (AvgIpc) is 3.31. The van der Waals surface area contributed by atoms with Crippen LogP contribution in [0.1, 0.15) is 33.7 Å². The molecule has 2 fully saturated rings. The van der Waals surface area contributed by atoms with Crippen molar-refractivity contribution in [2.24, 2.45) is 0 Å². The SMILES string of the molecule is N#Cc1ccc(COc2ccc(F)c(N3CCN(Cc4nc5ccc(C(=O)O)cc5n4CC4CCO4)CC3)c2)c(F)c1. The fourth-order valence-electron chi connectivity index (χ4n) is 5.33. The number of aromatic carboxylic acids is 1. The van der Waals surface area contributed by atoms with Gasteiger partial charge in [0.2, 0.25) is 0 Å². The number of fused-ring (bicyclic) bond motifs is 1. The molecule has 0 amide bonds. The van der Waals surface area contributed by atoms with Crippen molar-refractivity contribution >= 4 is 22.7 Å². The van der Waals surface area contributed by atoms with Crippen LogP contribution in [-0.2, 0) is 24.4 Å². The molecule has 2 aliphatic heterocycles. The summed E-state index contributed by atoms with van der Waals surface area (Å²) in [5, 5.41) is 18.4. The maximum atomic E-state index is 14.9. The van der Waals surface area contributed by atoms with Gasteiger partial charge >= 0.3 is 5.97 Å². The van der Waals surface area contributed by atoms with Crippen molar-refractivity contribution in [2.75, 3.05) is 37.7 Å². The van der Waals surface area contributed by atoms with Gasteiger partial charge in [0.25, 0.3) is 0 Å². The fourth-order valence-corrected chi connectivity index (χ4v) is 5.33. The zero-order chi connectivity index (χ0) is 29.2. The van der Waals surface area contributed by atoms with Gasteiger partial charge in [0.1, 0.15) is 29.8 Å². The van der Waals surface area contributed by atoms with Crippen molar-refractivity contribution in [2.45, 2.75) is 32.2 Å². The monoisotopic (exact) mass is 573 g/mol. The standard InChI is InChI=1S/C31H29F2N5O4/c32-25-5-4-23(42-19-22-2-1-20(16-34)13-26(22)33)15-28(25)37-10-8-36(9-11-37)18-30-35-27-6-3-21(31(39)40)14-29(27)38(30)17-24-7-12-41-24/h1-6,13-15,24H,7-12,17-19H2,(H,39,40). The summed E-state index contributed by atoms with van der Waals surface area (Å²) in [5.74, 6) is -0.607. The number of carboxylic acids is 1. The first kappa shape index (κ1) is 27.6. The highest BCUT2D eigenvalue weighted by molar-refractivity contribution is 5.92. The third-order valence-electron chi connectivity index (χ3n) is 7.83. The Kier molecular flexibility index (Phi) is 7.73. The van der Waals surface area contributed by atoms with Crippen molar-refractivity contribution in [3.05, 3.63) is 88.7 Å². The van der Waals surface area contributed by atoms with E-state index < -0.39 is 11.8 Å². The molecule has 0 spiro atoms. The second kappa shape index (κ2) is 11.8. The minimum atomic E-state index is -0.981. The van der Waals surface area contributed by atoms with E-state index in [9.17, 15) is 18.7 Å². The van der Waals surface area contributed by atoms with E-state index in [-0.39, 0.29) is 29.7 Å². The van der Waals surface area contributed by atoms with E-state index in [1.807, 2.05) is 11.0 Å². The molecule has 2 aliphatic rings. The zero-order valence-corrected chi connectivity index (χ0v) is 22.8. The third-order valence-corrected chi connectivity index (χ3v) is 7.83. The number of nitrogens with zero attached hydrogens (tertiary/aromatic N) is 5. The number of ether oxygens (including phenoxy) is 2. The van der Waals surface area contributed by atoms with E-state index in [2.05, 4.69) is 9.47 Å². The number of carboxylic acid groups (broad SMARTS) is 1. The maximum absolute atomic E-state index is 14.9. The molecule has 11 heteroatoms. The van der Waals surface area contributed by atoms with Crippen LogP contribution >= 0.6 is 0 Å². The Morgan fingerprint density at radius 2 is 1.88 bits per heavy atom. The number of anilines is 1. The van der Waals surface area contributed by atoms with Gasteiger partial charge in [-0.25, -0.2) is 18.6 Å². The van der Waals surface area contributed by atoms with Crippen molar-refractivity contribution in [1.82, 2.24) is 14.5 Å². The highest BCUT2D eigenvalue weighted by Crippen LogP contribution is 2.28. The summed E-state index contributed by atoms with van der Waals surface area (Å²) in [7, 11) is 0. The first-order valence-corrected chi connectivity index (χ1v) is 13.8. The van der Waals surface area contributed by atoms with Crippen LogP contribution in [0.15, 0.2) is 54.6 Å². The van der Waals surface area contributed by atoms with Crippen LogP contribution in [0.3, 0.4) is 0 Å². The third kappa shape index (κ3) is 5.77. The minimum absolute atomic E-state index is 0.0444. The quantitative estimate of drug-likeness (QED) is 0.311. The Balaban J connectivity index is 1.12. The average molecular weight is 574 g/mol. The molecule has 3 heterocycles. The van der Waals surface area contributed by atoms with Crippen LogP contribution in [-0.4, -0.2) is 64.4 Å². The molecule has 1 unspecified atom stereocenters. The summed E-state index contributed by atoms with van der Waals surface area (Å²) in [6, 6.07) is 15.6. The van der Waals surface area contributed by atoms with Crippen LogP contribution in [0.2, 0.25) is 0 Å². The predicted molar refractivity (Wildman–Crippen MR) is 150 cm³/mol. The number of hydrogen-bond donors (Lipinski definition) is 1. The van der Waals surface area contributed by atoms with E-state index in [4.69, 9.17) is 19.7 Å². The molecule has 1 atom stereocenters. The van der Waals surface area contributed by atoms with Crippen molar-refractivity contribution < 1.29 is 28.2 Å². The van der Waals surface area contributed by atoms with Gasteiger partial charge in [-0.3, -0.25) is 4.90 Å². The normalized spacial score (nSPS) is 17.2. The molecule has 216 valence electrons. The van der Waals surface area contributed by atoms with Gasteiger partial charge in [0, 0.05) is 44.4 Å². The van der Waals surface area contributed by atoms with Crippen LogP contribution in [0, 0.1) is 23.0 Å². The first-order chi connectivity index (χ1) is 20.4. The molecule has 0 saturated carbocycles. The molecule has 3 aromatic carbocycles. The lowest BCUT2D eigenvalue weighted by Crippen LogP contribution is -2.46. The number of imidazole rings is 1. The van der Waals surface area contributed by atoms with Crippen molar-refractivity contribution in [1.29, 1.82) is 5.26 Å². The van der Waals surface area contributed by atoms with Gasteiger partial charge in [-0.2, -0.15) is 5.26 Å². The first-order valence-electron chi connectivity index (χ1n) is 13.8. The number of rotatable bonds is 9. The summed E-state index contributed by atoms with van der Waals surface area (Å²) in [6.45, 7) is 4.37. The number of halogens is 2. The minimum Gasteiger partial charge on any atom is -0.489 e. The largest absolute Gasteiger partial charge is 0.489 e. The Labute approximate surface area is 241 Å². The van der Waals surface area contributed by atoms with E-state index >= 15 is 0 Å². The van der Waals surface area contributed by atoms with Crippen molar-refractivity contribution in [3.63, 3.8) is 0 Å². The molecule has 6 rings (SSSR count). The Morgan fingerprint density at radius 3 is 2.57 bits per heavy atom. The lowest BCUT2D eigenvalue weighted by molar-refractivity contribution is -0.0592. The summed E-state index contributed by atoms with van der Waals surface area (Å²) in [4.78, 5) is 20.6. The fraction of sp³-hybridized carbons (Fsp3) is 0.323. The van der Waals surface area contributed by atoms with Gasteiger partial charge < -0.3 is 24.0 Å². The Morgan fingerprint density at radius 1 is 1.07 bits per heavy atom. The maximum Gasteiger partial charge on any atom is 0.335 e. The van der Waals surface area contributed by atoms with Crippen molar-refractivity contribution in [3.8, 4) is 11.8 Å². The Bertz CT molecular complexity index is 1670. The summed E-state index contributed by atoms with van der Waals surface area (Å²) in [6.07, 6.45) is 1.03. The van der Waals surface area contributed by atoms with E-state index in [0.29, 0.717) is 56.3 Å². The lowest BCUT2D eigenvalue weighted by atomic mass is 10.1.